The van der Waals surface area contributed by atoms with Crippen molar-refractivity contribution in [3.05, 3.63) is 0 Å². The van der Waals surface area contributed by atoms with Crippen LogP contribution in [0.5, 0.6) is 0 Å². The van der Waals surface area contributed by atoms with Crippen molar-refractivity contribution in [3.8, 4) is 0 Å². The minimum atomic E-state index is -0.136. The molecule has 96 valence electrons. The van der Waals surface area contributed by atoms with E-state index in [2.05, 4.69) is 39.9 Å². The molecule has 3 nitrogen and oxygen atoms in total. The first-order valence-corrected chi connectivity index (χ1v) is 6.20. The van der Waals surface area contributed by atoms with Crippen LogP contribution >= 0.6 is 0 Å². The Balaban J connectivity index is 2.70. The van der Waals surface area contributed by atoms with Gasteiger partial charge < -0.3 is 14.8 Å². The maximum absolute atomic E-state index is 6.31. The van der Waals surface area contributed by atoms with Gasteiger partial charge in [-0.1, -0.05) is 6.92 Å². The van der Waals surface area contributed by atoms with Crippen LogP contribution in [0.15, 0.2) is 0 Å². The van der Waals surface area contributed by atoms with Crippen LogP contribution in [0, 0.1) is 0 Å². The average molecular weight is 229 g/mol. The number of methoxy groups -OCH3 is 1. The fourth-order valence-corrected chi connectivity index (χ4v) is 2.53. The van der Waals surface area contributed by atoms with E-state index in [0.717, 1.165) is 25.9 Å². The molecule has 1 rings (SSSR count). The Bertz CT molecular complexity index is 238. The molecule has 0 saturated carbocycles. The van der Waals surface area contributed by atoms with Crippen molar-refractivity contribution in [2.24, 2.45) is 0 Å². The number of ether oxygens (including phenoxy) is 2. The second kappa shape index (κ2) is 4.63. The maximum Gasteiger partial charge on any atom is 0.0813 e. The van der Waals surface area contributed by atoms with E-state index in [-0.39, 0.29) is 16.8 Å². The van der Waals surface area contributed by atoms with Crippen LogP contribution in [0.25, 0.3) is 0 Å². The van der Waals surface area contributed by atoms with Crippen molar-refractivity contribution in [2.75, 3.05) is 20.2 Å². The highest BCUT2D eigenvalue weighted by molar-refractivity contribution is 4.94. The molecular weight excluding hydrogens is 202 g/mol. The molecule has 1 fully saturated rings. The largest absolute Gasteiger partial charge is 0.379 e. The second-order valence-electron chi connectivity index (χ2n) is 6.10. The third-order valence-electron chi connectivity index (χ3n) is 3.59. The van der Waals surface area contributed by atoms with E-state index in [0.29, 0.717) is 0 Å². The van der Waals surface area contributed by atoms with Gasteiger partial charge in [0.15, 0.2) is 0 Å². The summed E-state index contributed by atoms with van der Waals surface area (Å²) in [6.07, 6.45) is 1.93. The van der Waals surface area contributed by atoms with E-state index >= 15 is 0 Å². The van der Waals surface area contributed by atoms with Crippen molar-refractivity contribution < 1.29 is 9.47 Å². The van der Waals surface area contributed by atoms with E-state index in [1.165, 1.54) is 0 Å². The number of hydrogen-bond acceptors (Lipinski definition) is 3. The molecule has 1 heterocycles. The van der Waals surface area contributed by atoms with Crippen molar-refractivity contribution >= 4 is 0 Å². The maximum atomic E-state index is 6.31. The Labute approximate surface area is 99.9 Å². The first-order valence-electron chi connectivity index (χ1n) is 6.20. The van der Waals surface area contributed by atoms with Gasteiger partial charge in [0, 0.05) is 26.6 Å². The second-order valence-corrected chi connectivity index (χ2v) is 6.10. The Morgan fingerprint density at radius 3 is 2.31 bits per heavy atom. The van der Waals surface area contributed by atoms with Crippen molar-refractivity contribution in [1.29, 1.82) is 0 Å². The standard InChI is InChI=1S/C13H27NO2/c1-7-12(4)9-14-10-13(5,16-12)8-11(2,3)15-6/h14H,7-10H2,1-6H3. The van der Waals surface area contributed by atoms with Crippen LogP contribution in [-0.2, 0) is 9.47 Å². The number of morpholine rings is 1. The minimum absolute atomic E-state index is 0.0448. The van der Waals surface area contributed by atoms with Gasteiger partial charge in [-0.25, -0.2) is 0 Å². The average Bonchev–Trinajstić information content (AvgIpc) is 2.16. The lowest BCUT2D eigenvalue weighted by molar-refractivity contribution is -0.186. The summed E-state index contributed by atoms with van der Waals surface area (Å²) in [5.41, 5.74) is -0.318. The van der Waals surface area contributed by atoms with Gasteiger partial charge in [0.1, 0.15) is 0 Å². The van der Waals surface area contributed by atoms with Gasteiger partial charge in [-0.05, 0) is 34.1 Å². The Morgan fingerprint density at radius 1 is 1.25 bits per heavy atom. The van der Waals surface area contributed by atoms with Crippen LogP contribution in [0.2, 0.25) is 0 Å². The summed E-state index contributed by atoms with van der Waals surface area (Å²) in [7, 11) is 1.76. The zero-order valence-corrected chi connectivity index (χ0v) is 11.6. The molecule has 0 aromatic heterocycles. The van der Waals surface area contributed by atoms with Crippen molar-refractivity contribution in [1.82, 2.24) is 5.32 Å². The van der Waals surface area contributed by atoms with E-state index in [1.54, 1.807) is 7.11 Å². The molecule has 3 heteroatoms. The predicted molar refractivity (Wildman–Crippen MR) is 66.8 cm³/mol. The first-order chi connectivity index (χ1) is 7.24. The quantitative estimate of drug-likeness (QED) is 0.802. The monoisotopic (exact) mass is 229 g/mol. The molecule has 1 aliphatic rings. The summed E-state index contributed by atoms with van der Waals surface area (Å²) in [6.45, 7) is 12.6. The van der Waals surface area contributed by atoms with Crippen molar-refractivity contribution in [2.45, 2.75) is 64.3 Å². The highest BCUT2D eigenvalue weighted by atomic mass is 16.5. The summed E-state index contributed by atoms with van der Waals surface area (Å²) in [4.78, 5) is 0. The summed E-state index contributed by atoms with van der Waals surface area (Å²) in [6, 6.07) is 0. The lowest BCUT2D eigenvalue weighted by Gasteiger charge is -2.47. The van der Waals surface area contributed by atoms with Crippen LogP contribution in [0.4, 0.5) is 0 Å². The van der Waals surface area contributed by atoms with E-state index in [4.69, 9.17) is 9.47 Å². The number of hydrogen-bond donors (Lipinski definition) is 1. The SMILES string of the molecule is CCC1(C)CNCC(C)(CC(C)(C)OC)O1. The molecule has 16 heavy (non-hydrogen) atoms. The smallest absolute Gasteiger partial charge is 0.0813 e. The van der Waals surface area contributed by atoms with Crippen LogP contribution in [0.1, 0.15) is 47.5 Å². The normalized spacial score (nSPS) is 36.4. The molecule has 0 bridgehead atoms. The fourth-order valence-electron chi connectivity index (χ4n) is 2.53. The van der Waals surface area contributed by atoms with Crippen LogP contribution in [-0.4, -0.2) is 37.0 Å². The van der Waals surface area contributed by atoms with E-state index in [1.807, 2.05) is 0 Å². The summed E-state index contributed by atoms with van der Waals surface area (Å²) in [5.74, 6) is 0. The summed E-state index contributed by atoms with van der Waals surface area (Å²) in [5, 5.41) is 3.48. The van der Waals surface area contributed by atoms with Crippen LogP contribution < -0.4 is 5.32 Å². The first kappa shape index (κ1) is 13.9. The molecule has 0 aromatic carbocycles. The van der Waals surface area contributed by atoms with Gasteiger partial charge in [0.25, 0.3) is 0 Å². The lowest BCUT2D eigenvalue weighted by atomic mass is 9.87. The molecular formula is C13H27NO2. The molecule has 0 aromatic rings. The van der Waals surface area contributed by atoms with Crippen molar-refractivity contribution in [3.63, 3.8) is 0 Å². The molecule has 1 saturated heterocycles. The Kier molecular flexibility index (Phi) is 4.04. The molecule has 1 aliphatic heterocycles. The topological polar surface area (TPSA) is 30.5 Å². The Morgan fingerprint density at radius 2 is 1.81 bits per heavy atom. The Hall–Kier alpha value is -0.120. The minimum Gasteiger partial charge on any atom is -0.379 e. The lowest BCUT2D eigenvalue weighted by Crippen LogP contribution is -2.59. The van der Waals surface area contributed by atoms with Crippen LogP contribution in [0.3, 0.4) is 0 Å². The zero-order valence-electron chi connectivity index (χ0n) is 11.6. The van der Waals surface area contributed by atoms with Gasteiger partial charge in [0.05, 0.1) is 16.8 Å². The van der Waals surface area contributed by atoms with Gasteiger partial charge in [-0.2, -0.15) is 0 Å². The highest BCUT2D eigenvalue weighted by Crippen LogP contribution is 2.33. The zero-order chi connectivity index (χ0) is 12.4. The van der Waals surface area contributed by atoms with Gasteiger partial charge in [-0.15, -0.1) is 0 Å². The molecule has 0 amide bonds. The molecule has 0 aliphatic carbocycles. The molecule has 0 spiro atoms. The summed E-state index contributed by atoms with van der Waals surface area (Å²) < 4.78 is 11.8. The number of nitrogens with one attached hydrogen (secondary N) is 1. The molecule has 0 radical (unpaired) electrons. The predicted octanol–water partition coefficient (Wildman–Crippen LogP) is 2.35. The third-order valence-corrected chi connectivity index (χ3v) is 3.59. The van der Waals surface area contributed by atoms with Gasteiger partial charge >= 0.3 is 0 Å². The van der Waals surface area contributed by atoms with E-state index < -0.39 is 0 Å². The summed E-state index contributed by atoms with van der Waals surface area (Å²) >= 11 is 0. The molecule has 2 atom stereocenters. The highest BCUT2D eigenvalue weighted by Gasteiger charge is 2.42. The van der Waals surface area contributed by atoms with Gasteiger partial charge in [0.2, 0.25) is 0 Å². The fraction of sp³-hybridized carbons (Fsp3) is 1.00. The molecule has 1 N–H and O–H groups in total. The number of rotatable bonds is 4. The molecule has 2 unspecified atom stereocenters. The third kappa shape index (κ3) is 3.44. The van der Waals surface area contributed by atoms with Gasteiger partial charge in [-0.3, -0.25) is 0 Å². The van der Waals surface area contributed by atoms with E-state index in [9.17, 15) is 0 Å².